The lowest BCUT2D eigenvalue weighted by atomic mass is 9.84. The van der Waals surface area contributed by atoms with Gasteiger partial charge in [-0.2, -0.15) is 0 Å². The van der Waals surface area contributed by atoms with Gasteiger partial charge >= 0.3 is 0 Å². The van der Waals surface area contributed by atoms with Crippen molar-refractivity contribution in [2.75, 3.05) is 0 Å². The minimum Gasteiger partial charge on any atom is -0.324 e. The first kappa shape index (κ1) is 14.1. The highest BCUT2D eigenvalue weighted by Gasteiger charge is 2.16. The van der Waals surface area contributed by atoms with Crippen LogP contribution in [0.2, 0.25) is 0 Å². The quantitative estimate of drug-likeness (QED) is 0.821. The number of hydrogen-bond acceptors (Lipinski definition) is 1. The van der Waals surface area contributed by atoms with Gasteiger partial charge in [0.05, 0.1) is 0 Å². The molecule has 1 saturated carbocycles. The lowest BCUT2D eigenvalue weighted by Gasteiger charge is -2.23. The molecule has 0 spiro atoms. The summed E-state index contributed by atoms with van der Waals surface area (Å²) in [6.45, 7) is 2.15. The van der Waals surface area contributed by atoms with E-state index in [1.165, 1.54) is 49.7 Å². The van der Waals surface area contributed by atoms with Gasteiger partial charge in [0, 0.05) is 10.5 Å². The molecule has 2 N–H and O–H groups in total. The van der Waals surface area contributed by atoms with Gasteiger partial charge < -0.3 is 5.73 Å². The van der Waals surface area contributed by atoms with Crippen LogP contribution in [0.25, 0.3) is 0 Å². The Kier molecular flexibility index (Phi) is 5.25. The van der Waals surface area contributed by atoms with Crippen LogP contribution < -0.4 is 5.73 Å². The van der Waals surface area contributed by atoms with E-state index in [-0.39, 0.29) is 6.04 Å². The Hall–Kier alpha value is -0.340. The zero-order chi connectivity index (χ0) is 13.0. The molecule has 0 saturated heterocycles. The summed E-state index contributed by atoms with van der Waals surface area (Å²) in [5.41, 5.74) is 8.97. The first-order chi connectivity index (χ1) is 8.66. The van der Waals surface area contributed by atoms with Crippen molar-refractivity contribution in [3.63, 3.8) is 0 Å². The van der Waals surface area contributed by atoms with Crippen molar-refractivity contribution in [3.8, 4) is 0 Å². The normalized spacial score (nSPS) is 18.8. The van der Waals surface area contributed by atoms with E-state index in [0.717, 1.165) is 16.8 Å². The maximum Gasteiger partial charge on any atom is 0.0297 e. The molecule has 1 nitrogen and oxygen atoms in total. The van der Waals surface area contributed by atoms with Gasteiger partial charge in [-0.05, 0) is 48.9 Å². The van der Waals surface area contributed by atoms with Crippen molar-refractivity contribution in [3.05, 3.63) is 33.8 Å². The number of rotatable bonds is 4. The van der Waals surface area contributed by atoms with E-state index in [9.17, 15) is 0 Å². The molecule has 18 heavy (non-hydrogen) atoms. The zero-order valence-electron chi connectivity index (χ0n) is 11.3. The lowest BCUT2D eigenvalue weighted by Crippen LogP contribution is -2.15. The third-order valence-electron chi connectivity index (χ3n) is 4.24. The van der Waals surface area contributed by atoms with Crippen molar-refractivity contribution in [1.29, 1.82) is 0 Å². The van der Waals surface area contributed by atoms with Crippen LogP contribution in [0.4, 0.5) is 0 Å². The van der Waals surface area contributed by atoms with Crippen LogP contribution in [-0.2, 0) is 0 Å². The molecule has 1 aromatic rings. The molecule has 2 rings (SSSR count). The van der Waals surface area contributed by atoms with Crippen LogP contribution in [0, 0.1) is 12.8 Å². The second-order valence-electron chi connectivity index (χ2n) is 5.69. The molecule has 1 aliphatic carbocycles. The van der Waals surface area contributed by atoms with Crippen molar-refractivity contribution in [2.24, 2.45) is 11.7 Å². The first-order valence-electron chi connectivity index (χ1n) is 7.18. The van der Waals surface area contributed by atoms with Crippen LogP contribution in [0.1, 0.15) is 62.1 Å². The summed E-state index contributed by atoms with van der Waals surface area (Å²) in [4.78, 5) is 0. The maximum absolute atomic E-state index is 6.35. The highest BCUT2D eigenvalue weighted by atomic mass is 79.9. The van der Waals surface area contributed by atoms with Crippen molar-refractivity contribution < 1.29 is 0 Å². The van der Waals surface area contributed by atoms with E-state index in [1.54, 1.807) is 0 Å². The van der Waals surface area contributed by atoms with Gasteiger partial charge in [-0.1, -0.05) is 54.1 Å². The minimum absolute atomic E-state index is 0.208. The number of benzene rings is 1. The average molecular weight is 310 g/mol. The van der Waals surface area contributed by atoms with Crippen LogP contribution in [0.5, 0.6) is 0 Å². The number of hydrogen-bond donors (Lipinski definition) is 1. The Labute approximate surface area is 119 Å². The van der Waals surface area contributed by atoms with Crippen LogP contribution in [0.15, 0.2) is 22.7 Å². The SMILES string of the molecule is Cc1cc(Br)ccc1C(N)CCC1CCCCC1. The zero-order valence-corrected chi connectivity index (χ0v) is 12.9. The molecule has 2 heteroatoms. The van der Waals surface area contributed by atoms with Crippen LogP contribution >= 0.6 is 15.9 Å². The summed E-state index contributed by atoms with van der Waals surface area (Å²) in [7, 11) is 0. The predicted octanol–water partition coefficient (Wildman–Crippen LogP) is 5.12. The van der Waals surface area contributed by atoms with E-state index >= 15 is 0 Å². The fraction of sp³-hybridized carbons (Fsp3) is 0.625. The fourth-order valence-corrected chi connectivity index (χ4v) is 3.58. The monoisotopic (exact) mass is 309 g/mol. The van der Waals surface area contributed by atoms with Crippen molar-refractivity contribution >= 4 is 15.9 Å². The molecule has 1 aromatic carbocycles. The molecule has 0 radical (unpaired) electrons. The largest absolute Gasteiger partial charge is 0.324 e. The van der Waals surface area contributed by atoms with E-state index in [1.807, 2.05) is 0 Å². The van der Waals surface area contributed by atoms with E-state index in [2.05, 4.69) is 41.1 Å². The smallest absolute Gasteiger partial charge is 0.0297 e. The summed E-state index contributed by atoms with van der Waals surface area (Å²) in [5.74, 6) is 0.931. The van der Waals surface area contributed by atoms with Crippen LogP contribution in [0.3, 0.4) is 0 Å². The van der Waals surface area contributed by atoms with Gasteiger partial charge in [0.2, 0.25) is 0 Å². The minimum atomic E-state index is 0.208. The van der Waals surface area contributed by atoms with Gasteiger partial charge in [0.1, 0.15) is 0 Å². The molecule has 0 bridgehead atoms. The molecule has 1 aliphatic rings. The molecule has 0 aliphatic heterocycles. The van der Waals surface area contributed by atoms with Gasteiger partial charge in [-0.25, -0.2) is 0 Å². The molecular weight excluding hydrogens is 286 g/mol. The van der Waals surface area contributed by atoms with Gasteiger partial charge in [0.25, 0.3) is 0 Å². The van der Waals surface area contributed by atoms with Crippen LogP contribution in [-0.4, -0.2) is 0 Å². The fourth-order valence-electron chi connectivity index (χ4n) is 3.10. The molecular formula is C16H24BrN. The Balaban J connectivity index is 1.88. The molecule has 0 aromatic heterocycles. The third-order valence-corrected chi connectivity index (χ3v) is 4.74. The third kappa shape index (κ3) is 3.83. The number of halogens is 1. The molecule has 1 fully saturated rings. The maximum atomic E-state index is 6.35. The average Bonchev–Trinajstić information content (AvgIpc) is 2.37. The Morgan fingerprint density at radius 2 is 2.00 bits per heavy atom. The summed E-state index contributed by atoms with van der Waals surface area (Å²) in [6, 6.07) is 6.64. The summed E-state index contributed by atoms with van der Waals surface area (Å²) in [5, 5.41) is 0. The Bertz CT molecular complexity index is 383. The second-order valence-corrected chi connectivity index (χ2v) is 6.60. The summed E-state index contributed by atoms with van der Waals surface area (Å²) >= 11 is 3.51. The molecule has 0 amide bonds. The van der Waals surface area contributed by atoms with Gasteiger partial charge in [-0.15, -0.1) is 0 Å². The van der Waals surface area contributed by atoms with Crippen molar-refractivity contribution in [1.82, 2.24) is 0 Å². The number of nitrogens with two attached hydrogens (primary N) is 1. The summed E-state index contributed by atoms with van der Waals surface area (Å²) < 4.78 is 1.14. The Morgan fingerprint density at radius 1 is 1.28 bits per heavy atom. The van der Waals surface area contributed by atoms with E-state index < -0.39 is 0 Å². The second kappa shape index (κ2) is 6.72. The van der Waals surface area contributed by atoms with Gasteiger partial charge in [-0.3, -0.25) is 0 Å². The topological polar surface area (TPSA) is 26.0 Å². The number of aryl methyl sites for hydroxylation is 1. The predicted molar refractivity (Wildman–Crippen MR) is 81.6 cm³/mol. The summed E-state index contributed by atoms with van der Waals surface area (Å²) in [6.07, 6.45) is 9.57. The highest BCUT2D eigenvalue weighted by molar-refractivity contribution is 9.10. The van der Waals surface area contributed by atoms with Gasteiger partial charge in [0.15, 0.2) is 0 Å². The van der Waals surface area contributed by atoms with Crippen molar-refractivity contribution in [2.45, 2.75) is 57.9 Å². The molecule has 1 unspecified atom stereocenters. The first-order valence-corrected chi connectivity index (χ1v) is 7.98. The van der Waals surface area contributed by atoms with E-state index in [4.69, 9.17) is 5.73 Å². The molecule has 100 valence electrons. The Morgan fingerprint density at radius 3 is 2.67 bits per heavy atom. The molecule has 1 atom stereocenters. The highest BCUT2D eigenvalue weighted by Crippen LogP contribution is 2.30. The standard InChI is InChI=1S/C16H24BrN/c1-12-11-14(17)8-9-15(12)16(18)10-7-13-5-3-2-4-6-13/h8-9,11,13,16H,2-7,10,18H2,1H3. The van der Waals surface area contributed by atoms with E-state index in [0.29, 0.717) is 0 Å². The molecule has 0 heterocycles. The lowest BCUT2D eigenvalue weighted by molar-refractivity contribution is 0.324.